The molecule has 2 unspecified atom stereocenters. The predicted octanol–water partition coefficient (Wildman–Crippen LogP) is 1.12. The van der Waals surface area contributed by atoms with E-state index in [1.165, 1.54) is 5.56 Å². The summed E-state index contributed by atoms with van der Waals surface area (Å²) >= 11 is 0. The van der Waals surface area contributed by atoms with Crippen LogP contribution in [0.4, 0.5) is 0 Å². The van der Waals surface area contributed by atoms with Gasteiger partial charge in [0, 0.05) is 18.9 Å². The minimum Gasteiger partial charge on any atom is -0.373 e. The smallest absolute Gasteiger partial charge is 0.243 e. The van der Waals surface area contributed by atoms with E-state index in [0.717, 1.165) is 30.0 Å². The molecular formula is C16H20N2O4S. The minimum absolute atomic E-state index is 0.186. The molecule has 0 radical (unpaired) electrons. The maximum Gasteiger partial charge on any atom is 0.243 e. The van der Waals surface area contributed by atoms with Gasteiger partial charge in [-0.1, -0.05) is 0 Å². The van der Waals surface area contributed by atoms with Crippen LogP contribution in [0.2, 0.25) is 0 Å². The molecule has 3 saturated heterocycles. The highest BCUT2D eigenvalue weighted by Gasteiger charge is 2.65. The van der Waals surface area contributed by atoms with Crippen LogP contribution in [-0.4, -0.2) is 47.6 Å². The van der Waals surface area contributed by atoms with Crippen molar-refractivity contribution in [2.75, 3.05) is 6.54 Å². The first-order valence-corrected chi connectivity index (χ1v) is 9.69. The summed E-state index contributed by atoms with van der Waals surface area (Å²) in [5.41, 5.74) is 1.18. The number of sulfonamides is 1. The van der Waals surface area contributed by atoms with Crippen molar-refractivity contribution in [2.24, 2.45) is 5.92 Å². The molecule has 1 aromatic rings. The van der Waals surface area contributed by atoms with E-state index >= 15 is 0 Å². The Hall–Kier alpha value is -1.47. The normalized spacial score (nSPS) is 34.1. The van der Waals surface area contributed by atoms with Gasteiger partial charge < -0.3 is 4.74 Å². The molecule has 3 aliphatic heterocycles. The lowest BCUT2D eigenvalue weighted by Gasteiger charge is -2.19. The highest BCUT2D eigenvalue weighted by atomic mass is 32.2. The number of hydrogen-bond acceptors (Lipinski definition) is 5. The van der Waals surface area contributed by atoms with E-state index in [-0.39, 0.29) is 18.1 Å². The fourth-order valence-corrected chi connectivity index (χ4v) is 6.42. The molecule has 23 heavy (non-hydrogen) atoms. The number of unbranched alkanes of at least 4 members (excludes halogenated alkanes) is 1. The Labute approximate surface area is 135 Å². The van der Waals surface area contributed by atoms with Crippen LogP contribution in [0.25, 0.3) is 0 Å². The summed E-state index contributed by atoms with van der Waals surface area (Å²) in [6.45, 7) is 0.290. The third kappa shape index (κ3) is 2.37. The van der Waals surface area contributed by atoms with Crippen LogP contribution < -0.4 is 0 Å². The molecule has 1 aromatic heterocycles. The first kappa shape index (κ1) is 15.1. The van der Waals surface area contributed by atoms with Gasteiger partial charge in [0.1, 0.15) is 5.25 Å². The van der Waals surface area contributed by atoms with E-state index in [4.69, 9.17) is 4.74 Å². The van der Waals surface area contributed by atoms with Gasteiger partial charge in [-0.3, -0.25) is 9.78 Å². The number of fused-ring (bicyclic) bond motifs is 5. The van der Waals surface area contributed by atoms with Gasteiger partial charge in [-0.2, -0.15) is 0 Å². The molecule has 3 fully saturated rings. The number of nitrogens with zero attached hydrogens (tertiary/aromatic N) is 2. The third-order valence-corrected chi connectivity index (χ3v) is 7.48. The lowest BCUT2D eigenvalue weighted by molar-refractivity contribution is -0.130. The van der Waals surface area contributed by atoms with Crippen LogP contribution in [0.15, 0.2) is 24.5 Å². The molecule has 3 aliphatic rings. The first-order valence-electron chi connectivity index (χ1n) is 8.19. The molecule has 0 spiro atoms. The Morgan fingerprint density at radius 1 is 1.17 bits per heavy atom. The van der Waals surface area contributed by atoms with Crippen molar-refractivity contribution in [3.63, 3.8) is 0 Å². The number of ether oxygens (including phenoxy) is 1. The molecule has 0 saturated carbocycles. The van der Waals surface area contributed by atoms with Crippen LogP contribution in [0, 0.1) is 5.92 Å². The quantitative estimate of drug-likeness (QED) is 0.753. The molecule has 2 bridgehead atoms. The molecule has 4 atom stereocenters. The first-order chi connectivity index (χ1) is 11.1. The average molecular weight is 336 g/mol. The Morgan fingerprint density at radius 3 is 2.65 bits per heavy atom. The van der Waals surface area contributed by atoms with Crippen molar-refractivity contribution >= 4 is 15.9 Å². The Morgan fingerprint density at radius 2 is 1.91 bits per heavy atom. The van der Waals surface area contributed by atoms with Gasteiger partial charge in [0.15, 0.2) is 0 Å². The summed E-state index contributed by atoms with van der Waals surface area (Å²) in [5.74, 6) is -0.704. The van der Waals surface area contributed by atoms with Gasteiger partial charge in [0.2, 0.25) is 15.9 Å². The second kappa shape index (κ2) is 5.56. The number of amides is 1. The van der Waals surface area contributed by atoms with E-state index in [0.29, 0.717) is 13.0 Å². The fraction of sp³-hybridized carbons (Fsp3) is 0.625. The molecule has 4 rings (SSSR count). The molecule has 0 aromatic carbocycles. The summed E-state index contributed by atoms with van der Waals surface area (Å²) in [6, 6.07) is 3.91. The van der Waals surface area contributed by atoms with Gasteiger partial charge >= 0.3 is 0 Å². The highest BCUT2D eigenvalue weighted by molar-refractivity contribution is 7.90. The zero-order chi connectivity index (χ0) is 16.0. The Kier molecular flexibility index (Phi) is 3.65. The molecule has 0 N–H and O–H groups in total. The number of hydrogen-bond donors (Lipinski definition) is 0. The van der Waals surface area contributed by atoms with Gasteiger partial charge in [-0.25, -0.2) is 12.7 Å². The van der Waals surface area contributed by atoms with Crippen LogP contribution >= 0.6 is 0 Å². The van der Waals surface area contributed by atoms with Crippen LogP contribution in [0.5, 0.6) is 0 Å². The molecule has 124 valence electrons. The average Bonchev–Trinajstić information content (AvgIpc) is 3.20. The van der Waals surface area contributed by atoms with Crippen molar-refractivity contribution in [1.29, 1.82) is 0 Å². The molecule has 4 heterocycles. The second-order valence-electron chi connectivity index (χ2n) is 6.55. The highest BCUT2D eigenvalue weighted by Crippen LogP contribution is 2.48. The molecule has 7 heteroatoms. The molecule has 6 nitrogen and oxygen atoms in total. The van der Waals surface area contributed by atoms with Crippen molar-refractivity contribution in [2.45, 2.75) is 49.6 Å². The fourth-order valence-electron chi connectivity index (χ4n) is 4.12. The van der Waals surface area contributed by atoms with Gasteiger partial charge in [0.25, 0.3) is 0 Å². The number of carbonyl (C=O) groups is 1. The van der Waals surface area contributed by atoms with Crippen molar-refractivity contribution < 1.29 is 17.9 Å². The zero-order valence-corrected chi connectivity index (χ0v) is 13.6. The largest absolute Gasteiger partial charge is 0.373 e. The van der Waals surface area contributed by atoms with E-state index in [2.05, 4.69) is 4.98 Å². The van der Waals surface area contributed by atoms with Crippen molar-refractivity contribution in [3.8, 4) is 0 Å². The third-order valence-electron chi connectivity index (χ3n) is 5.21. The van der Waals surface area contributed by atoms with E-state index < -0.39 is 21.2 Å². The van der Waals surface area contributed by atoms with E-state index in [1.54, 1.807) is 12.4 Å². The second-order valence-corrected chi connectivity index (χ2v) is 8.56. The summed E-state index contributed by atoms with van der Waals surface area (Å²) in [5, 5.41) is -0.631. The number of pyridine rings is 1. The molecule has 1 amide bonds. The van der Waals surface area contributed by atoms with Gasteiger partial charge in [0.05, 0.1) is 18.1 Å². The number of rotatable bonds is 5. The Bertz CT molecular complexity index is 706. The summed E-state index contributed by atoms with van der Waals surface area (Å²) in [6.07, 6.45) is 7.00. The zero-order valence-electron chi connectivity index (χ0n) is 12.8. The SMILES string of the molecule is O=C1[C@H]2C3CCC(O3)[C@H]2S(=O)(=O)N1CCCCc1ccncc1. The number of aryl methyl sites for hydroxylation is 1. The number of carbonyl (C=O) groups excluding carboxylic acids is 1. The standard InChI is InChI=1S/C16H20N2O4S/c19-16-14-12-4-5-13(22-12)15(14)23(20,21)18(16)10-2-1-3-11-6-8-17-9-7-11/h6-9,12-15H,1-5,10H2/t12?,13?,14-,15+/m0/s1. The lowest BCUT2D eigenvalue weighted by Crippen LogP contribution is -2.36. The van der Waals surface area contributed by atoms with E-state index in [1.807, 2.05) is 12.1 Å². The lowest BCUT2D eigenvalue weighted by atomic mass is 9.88. The van der Waals surface area contributed by atoms with Crippen molar-refractivity contribution in [3.05, 3.63) is 30.1 Å². The maximum atomic E-state index is 12.7. The van der Waals surface area contributed by atoms with Crippen LogP contribution in [0.3, 0.4) is 0 Å². The minimum atomic E-state index is -3.54. The van der Waals surface area contributed by atoms with Crippen molar-refractivity contribution in [1.82, 2.24) is 9.29 Å². The number of aromatic nitrogens is 1. The van der Waals surface area contributed by atoms with Crippen LogP contribution in [0.1, 0.15) is 31.2 Å². The Balaban J connectivity index is 1.39. The summed E-state index contributed by atoms with van der Waals surface area (Å²) < 4.78 is 32.1. The van der Waals surface area contributed by atoms with E-state index in [9.17, 15) is 13.2 Å². The summed E-state index contributed by atoms with van der Waals surface area (Å²) in [4.78, 5) is 16.5. The topological polar surface area (TPSA) is 76.6 Å². The van der Waals surface area contributed by atoms with Gasteiger partial charge in [-0.15, -0.1) is 0 Å². The van der Waals surface area contributed by atoms with Gasteiger partial charge in [-0.05, 0) is 49.8 Å². The summed E-state index contributed by atoms with van der Waals surface area (Å²) in [7, 11) is -3.54. The predicted molar refractivity (Wildman–Crippen MR) is 83.0 cm³/mol. The van der Waals surface area contributed by atoms with Crippen LogP contribution in [-0.2, 0) is 26.0 Å². The maximum absolute atomic E-state index is 12.7. The monoisotopic (exact) mass is 336 g/mol. The molecular weight excluding hydrogens is 316 g/mol. The molecule has 0 aliphatic carbocycles.